The van der Waals surface area contributed by atoms with Crippen LogP contribution < -0.4 is 9.47 Å². The highest BCUT2D eigenvalue weighted by Crippen LogP contribution is 2.43. The number of benzene rings is 1. The van der Waals surface area contributed by atoms with E-state index in [-0.39, 0.29) is 0 Å². The summed E-state index contributed by atoms with van der Waals surface area (Å²) in [5.41, 5.74) is 2.91. The molecule has 21 heavy (non-hydrogen) atoms. The highest BCUT2D eigenvalue weighted by Gasteiger charge is 2.41. The van der Waals surface area contributed by atoms with Crippen LogP contribution in [0.15, 0.2) is 12.1 Å². The van der Waals surface area contributed by atoms with Gasteiger partial charge < -0.3 is 9.47 Å². The zero-order valence-corrected chi connectivity index (χ0v) is 13.0. The fraction of sp³-hybridized carbons (Fsp3) is 0.647. The number of nitrogens with zero attached hydrogens (tertiary/aromatic N) is 2. The minimum absolute atomic E-state index is 0.563. The molecule has 3 heterocycles. The van der Waals surface area contributed by atoms with Gasteiger partial charge in [0.1, 0.15) is 0 Å². The zero-order valence-electron chi connectivity index (χ0n) is 13.0. The molecule has 2 fully saturated rings. The van der Waals surface area contributed by atoms with E-state index in [9.17, 15) is 0 Å². The first-order valence-corrected chi connectivity index (χ1v) is 8.06. The Hall–Kier alpha value is -1.26. The largest absolute Gasteiger partial charge is 0.493 e. The van der Waals surface area contributed by atoms with Crippen molar-refractivity contribution in [3.05, 3.63) is 23.3 Å². The van der Waals surface area contributed by atoms with E-state index in [0.717, 1.165) is 17.9 Å². The van der Waals surface area contributed by atoms with E-state index in [1.807, 2.05) is 0 Å². The molecule has 4 heteroatoms. The summed E-state index contributed by atoms with van der Waals surface area (Å²) in [7, 11) is 3.45. The topological polar surface area (TPSA) is 24.9 Å². The molecule has 2 atom stereocenters. The SMILES string of the molecule is COc1cc2c(cc1OC)[C@H]1CCN3CCC[C@@H]3N1CC2. The molecule has 3 aliphatic heterocycles. The van der Waals surface area contributed by atoms with Crippen LogP contribution in [0.4, 0.5) is 0 Å². The molecular weight excluding hydrogens is 264 g/mol. The molecule has 0 radical (unpaired) electrons. The van der Waals surface area contributed by atoms with E-state index in [4.69, 9.17) is 9.47 Å². The van der Waals surface area contributed by atoms with Crippen molar-refractivity contribution < 1.29 is 9.47 Å². The van der Waals surface area contributed by atoms with Gasteiger partial charge in [-0.25, -0.2) is 0 Å². The Kier molecular flexibility index (Phi) is 3.31. The molecule has 0 unspecified atom stereocenters. The van der Waals surface area contributed by atoms with Gasteiger partial charge in [-0.1, -0.05) is 0 Å². The average molecular weight is 288 g/mol. The molecule has 4 nitrogen and oxygen atoms in total. The lowest BCUT2D eigenvalue weighted by atomic mass is 9.88. The van der Waals surface area contributed by atoms with Gasteiger partial charge in [0.25, 0.3) is 0 Å². The van der Waals surface area contributed by atoms with Crippen LogP contribution in [0.2, 0.25) is 0 Å². The molecule has 0 saturated carbocycles. The summed E-state index contributed by atoms with van der Waals surface area (Å²) in [6.07, 6.45) is 5.71. The smallest absolute Gasteiger partial charge is 0.161 e. The van der Waals surface area contributed by atoms with Crippen molar-refractivity contribution >= 4 is 0 Å². The quantitative estimate of drug-likeness (QED) is 0.834. The van der Waals surface area contributed by atoms with Gasteiger partial charge in [0.05, 0.1) is 20.4 Å². The number of fused-ring (bicyclic) bond motifs is 5. The van der Waals surface area contributed by atoms with Crippen molar-refractivity contribution in [2.75, 3.05) is 33.9 Å². The first kappa shape index (κ1) is 13.4. The molecule has 1 aromatic rings. The molecule has 4 rings (SSSR count). The van der Waals surface area contributed by atoms with Crippen molar-refractivity contribution in [1.29, 1.82) is 0 Å². The molecule has 3 aliphatic rings. The van der Waals surface area contributed by atoms with Crippen molar-refractivity contribution in [3.8, 4) is 11.5 Å². The second kappa shape index (κ2) is 5.18. The fourth-order valence-electron chi connectivity index (χ4n) is 4.46. The average Bonchev–Trinajstić information content (AvgIpc) is 3.01. The van der Waals surface area contributed by atoms with E-state index in [2.05, 4.69) is 21.9 Å². The first-order chi connectivity index (χ1) is 10.3. The lowest BCUT2D eigenvalue weighted by Crippen LogP contribution is -2.53. The minimum Gasteiger partial charge on any atom is -0.493 e. The monoisotopic (exact) mass is 288 g/mol. The van der Waals surface area contributed by atoms with Gasteiger partial charge >= 0.3 is 0 Å². The van der Waals surface area contributed by atoms with Crippen molar-refractivity contribution in [2.24, 2.45) is 0 Å². The van der Waals surface area contributed by atoms with E-state index in [1.165, 1.54) is 50.0 Å². The molecule has 0 amide bonds. The van der Waals surface area contributed by atoms with Crippen molar-refractivity contribution in [3.63, 3.8) is 0 Å². The van der Waals surface area contributed by atoms with Gasteiger partial charge in [-0.2, -0.15) is 0 Å². The summed E-state index contributed by atoms with van der Waals surface area (Å²) >= 11 is 0. The van der Waals surface area contributed by atoms with Gasteiger partial charge in [-0.05, 0) is 55.5 Å². The standard InChI is InChI=1S/C17H24N2O2/c1-20-15-10-12-5-9-19-14(13(12)11-16(15)21-2)6-8-18-7-3-4-17(18)19/h10-11,14,17H,3-9H2,1-2H3/t14-,17+/m1/s1. The molecule has 114 valence electrons. The Balaban J connectivity index is 1.72. The van der Waals surface area contributed by atoms with Crippen LogP contribution in [-0.2, 0) is 6.42 Å². The van der Waals surface area contributed by atoms with E-state index in [0.29, 0.717) is 12.2 Å². The van der Waals surface area contributed by atoms with E-state index >= 15 is 0 Å². The van der Waals surface area contributed by atoms with Crippen LogP contribution in [-0.4, -0.2) is 49.8 Å². The van der Waals surface area contributed by atoms with E-state index in [1.54, 1.807) is 14.2 Å². The lowest BCUT2D eigenvalue weighted by molar-refractivity contribution is -0.0151. The van der Waals surface area contributed by atoms with Gasteiger partial charge in [-0.3, -0.25) is 9.80 Å². The second-order valence-corrected chi connectivity index (χ2v) is 6.36. The molecule has 1 aromatic carbocycles. The number of hydrogen-bond donors (Lipinski definition) is 0. The Bertz CT molecular complexity index is 546. The Morgan fingerprint density at radius 3 is 2.62 bits per heavy atom. The van der Waals surface area contributed by atoms with Gasteiger partial charge in [-0.15, -0.1) is 0 Å². The first-order valence-electron chi connectivity index (χ1n) is 8.06. The molecule has 0 aliphatic carbocycles. The lowest BCUT2D eigenvalue weighted by Gasteiger charge is -2.48. The maximum absolute atomic E-state index is 5.51. The molecule has 0 N–H and O–H groups in total. The Morgan fingerprint density at radius 1 is 1.00 bits per heavy atom. The van der Waals surface area contributed by atoms with Crippen molar-refractivity contribution in [1.82, 2.24) is 9.80 Å². The normalized spacial score (nSPS) is 28.7. The minimum atomic E-state index is 0.563. The van der Waals surface area contributed by atoms with Gasteiger partial charge in [0.2, 0.25) is 0 Å². The van der Waals surface area contributed by atoms with Crippen LogP contribution in [0.25, 0.3) is 0 Å². The van der Waals surface area contributed by atoms with E-state index < -0.39 is 0 Å². The highest BCUT2D eigenvalue weighted by molar-refractivity contribution is 5.49. The predicted molar refractivity (Wildman–Crippen MR) is 81.9 cm³/mol. The van der Waals surface area contributed by atoms with Gasteiger partial charge in [0.15, 0.2) is 11.5 Å². The summed E-state index contributed by atoms with van der Waals surface area (Å²) in [5, 5.41) is 0. The molecular formula is C17H24N2O2. The second-order valence-electron chi connectivity index (χ2n) is 6.36. The van der Waals surface area contributed by atoms with Crippen molar-refractivity contribution in [2.45, 2.75) is 37.9 Å². The Labute approximate surface area is 126 Å². The Morgan fingerprint density at radius 2 is 1.81 bits per heavy atom. The predicted octanol–water partition coefficient (Wildman–Crippen LogP) is 2.43. The summed E-state index contributed by atoms with van der Waals surface area (Å²) in [6.45, 7) is 3.70. The number of ether oxygens (including phenoxy) is 2. The van der Waals surface area contributed by atoms with Crippen LogP contribution >= 0.6 is 0 Å². The molecule has 0 aromatic heterocycles. The maximum Gasteiger partial charge on any atom is 0.161 e. The molecule has 0 bridgehead atoms. The number of hydrogen-bond acceptors (Lipinski definition) is 4. The molecule has 2 saturated heterocycles. The summed E-state index contributed by atoms with van der Waals surface area (Å²) in [4.78, 5) is 5.40. The van der Waals surface area contributed by atoms with Crippen LogP contribution in [0, 0.1) is 0 Å². The summed E-state index contributed by atoms with van der Waals surface area (Å²) in [5.74, 6) is 1.73. The summed E-state index contributed by atoms with van der Waals surface area (Å²) < 4.78 is 11.0. The number of methoxy groups -OCH3 is 2. The molecule has 0 spiro atoms. The third-order valence-electron chi connectivity index (χ3n) is 5.45. The van der Waals surface area contributed by atoms with Crippen LogP contribution in [0.3, 0.4) is 0 Å². The third-order valence-corrected chi connectivity index (χ3v) is 5.45. The van der Waals surface area contributed by atoms with Crippen LogP contribution in [0.1, 0.15) is 36.4 Å². The van der Waals surface area contributed by atoms with Gasteiger partial charge in [0, 0.05) is 19.1 Å². The maximum atomic E-state index is 5.51. The zero-order chi connectivity index (χ0) is 14.4. The van der Waals surface area contributed by atoms with Crippen LogP contribution in [0.5, 0.6) is 11.5 Å². The highest BCUT2D eigenvalue weighted by atomic mass is 16.5. The fourth-order valence-corrected chi connectivity index (χ4v) is 4.46. The third kappa shape index (κ3) is 2.04. The summed E-state index contributed by atoms with van der Waals surface area (Å²) in [6, 6.07) is 4.97. The number of rotatable bonds is 2.